The second-order valence-corrected chi connectivity index (χ2v) is 12.8. The minimum absolute atomic E-state index is 0.00380. The highest BCUT2D eigenvalue weighted by Crippen LogP contribution is 2.67. The molecule has 5 rings (SSSR count). The van der Waals surface area contributed by atoms with E-state index in [-0.39, 0.29) is 53.8 Å². The molecule has 1 heterocycles. The van der Waals surface area contributed by atoms with Crippen LogP contribution in [0.1, 0.15) is 65.2 Å². The Kier molecular flexibility index (Phi) is 7.07. The molecule has 0 radical (unpaired) electrons. The molecule has 6 N–H and O–H groups in total. The lowest BCUT2D eigenvalue weighted by Crippen LogP contribution is -2.63. The van der Waals surface area contributed by atoms with Gasteiger partial charge >= 0.3 is 5.97 Å². The van der Waals surface area contributed by atoms with Crippen molar-refractivity contribution < 1.29 is 54.5 Å². The van der Waals surface area contributed by atoms with Crippen LogP contribution in [0.2, 0.25) is 0 Å². The number of ether oxygens (including phenoxy) is 2. The van der Waals surface area contributed by atoms with Gasteiger partial charge in [-0.15, -0.1) is 0 Å². The molecule has 11 heteroatoms. The lowest BCUT2D eigenvalue weighted by molar-refractivity contribution is -0.309. The van der Waals surface area contributed by atoms with Gasteiger partial charge in [0, 0.05) is 17.8 Å². The van der Waals surface area contributed by atoms with E-state index in [1.54, 1.807) is 0 Å². The molecule has 0 unspecified atom stereocenters. The van der Waals surface area contributed by atoms with E-state index in [4.69, 9.17) is 9.47 Å². The van der Waals surface area contributed by atoms with Crippen molar-refractivity contribution in [1.82, 2.24) is 0 Å². The monoisotopic (exact) mass is 540 g/mol. The van der Waals surface area contributed by atoms with Gasteiger partial charge in [0.2, 0.25) is 0 Å². The van der Waals surface area contributed by atoms with Gasteiger partial charge in [-0.3, -0.25) is 9.59 Å². The molecule has 13 atom stereocenters. The molecular weight excluding hydrogens is 500 g/mol. The summed E-state index contributed by atoms with van der Waals surface area (Å²) in [4.78, 5) is 37.8. The van der Waals surface area contributed by atoms with Crippen LogP contribution in [-0.4, -0.2) is 97.2 Å². The average Bonchev–Trinajstić information content (AvgIpc) is 3.14. The maximum Gasteiger partial charge on any atom is 0.335 e. The van der Waals surface area contributed by atoms with Gasteiger partial charge in [-0.05, 0) is 68.1 Å². The molecule has 0 spiro atoms. The molecule has 1 saturated heterocycles. The van der Waals surface area contributed by atoms with E-state index in [2.05, 4.69) is 6.92 Å². The number of fused-ring (bicyclic) bond motifs is 5. The maximum atomic E-state index is 13.8. The second-order valence-electron chi connectivity index (χ2n) is 12.8. The zero-order chi connectivity index (χ0) is 27.8. The first kappa shape index (κ1) is 28.1. The van der Waals surface area contributed by atoms with Crippen LogP contribution in [0.5, 0.6) is 0 Å². The minimum atomic E-state index is -1.78. The van der Waals surface area contributed by atoms with Crippen molar-refractivity contribution >= 4 is 17.5 Å². The van der Waals surface area contributed by atoms with Crippen molar-refractivity contribution in [2.45, 2.75) is 108 Å². The van der Waals surface area contributed by atoms with Crippen LogP contribution in [0.4, 0.5) is 0 Å². The van der Waals surface area contributed by atoms with Gasteiger partial charge in [-0.25, -0.2) is 4.79 Å². The Morgan fingerprint density at radius 2 is 1.74 bits per heavy atom. The highest BCUT2D eigenvalue weighted by Gasteiger charge is 2.69. The zero-order valence-corrected chi connectivity index (χ0v) is 21.9. The molecular formula is C27H40O11. The Labute approximate surface area is 221 Å². The van der Waals surface area contributed by atoms with E-state index in [1.165, 1.54) is 0 Å². The summed E-state index contributed by atoms with van der Waals surface area (Å²) in [5.74, 6) is -2.06. The Bertz CT molecular complexity index is 986. The normalized spacial score (nSPS) is 52.6. The predicted octanol–water partition coefficient (Wildman–Crippen LogP) is -0.222. The largest absolute Gasteiger partial charge is 0.479 e. The molecule has 0 bridgehead atoms. The van der Waals surface area contributed by atoms with Gasteiger partial charge < -0.3 is 40.1 Å². The molecule has 38 heavy (non-hydrogen) atoms. The molecule has 0 aromatic rings. The first-order chi connectivity index (χ1) is 17.8. The minimum Gasteiger partial charge on any atom is -0.479 e. The lowest BCUT2D eigenvalue weighted by atomic mass is 9.44. The predicted molar refractivity (Wildman–Crippen MR) is 128 cm³/mol. The second kappa shape index (κ2) is 9.57. The molecule has 11 nitrogen and oxygen atoms in total. The standard InChI is InChI=1S/C27H40O11/c1-25-7-5-13(37-24-21(33)19(31)20(32)22(38-24)23(34)35)9-12(25)3-4-14-15-6-8-27(36,17(30)11-28)26(15,2)10-16(29)18(14)25/h12-15,18-22,24,28,31-33,36H,3-11H2,1-2H3,(H,34,35)/t12-,13+,14-,15-,18+,19-,20+,21-,22-,24+,25-,26+,27-/m0/s1. The fraction of sp³-hybridized carbons (Fsp3) is 0.889. The Hall–Kier alpha value is -1.47. The number of aliphatic hydroxyl groups excluding tert-OH is 4. The molecule has 214 valence electrons. The highest BCUT2D eigenvalue weighted by molar-refractivity contribution is 5.92. The number of carbonyl (C=O) groups is 3. The van der Waals surface area contributed by atoms with E-state index in [0.717, 1.165) is 12.8 Å². The number of hydrogen-bond donors (Lipinski definition) is 6. The maximum absolute atomic E-state index is 13.8. The number of carbonyl (C=O) groups excluding carboxylic acids is 2. The summed E-state index contributed by atoms with van der Waals surface area (Å²) in [5, 5.41) is 60.6. The van der Waals surface area contributed by atoms with Gasteiger partial charge in [0.1, 0.15) is 36.3 Å². The van der Waals surface area contributed by atoms with E-state index >= 15 is 0 Å². The smallest absolute Gasteiger partial charge is 0.335 e. The number of carboxylic acids is 1. The fourth-order valence-corrected chi connectivity index (χ4v) is 9.10. The van der Waals surface area contributed by atoms with Crippen LogP contribution in [-0.2, 0) is 23.9 Å². The number of rotatable bonds is 5. The SMILES string of the molecule is C[C@]12CC[C@@H](O[C@@H]3O[C@H](C(=O)O)[C@H](O)[C@H](O)[C@@H]3O)C[C@@H]1CC[C@@H]1[C@@H]2C(=O)C[C@]2(C)[C@H]1CC[C@]2(O)C(=O)CO. The van der Waals surface area contributed by atoms with Gasteiger partial charge in [-0.1, -0.05) is 13.8 Å². The number of aliphatic carboxylic acids is 1. The summed E-state index contributed by atoms with van der Waals surface area (Å²) in [5.41, 5.74) is -2.90. The van der Waals surface area contributed by atoms with Crippen molar-refractivity contribution in [1.29, 1.82) is 0 Å². The third kappa shape index (κ3) is 3.92. The molecule has 0 aromatic heterocycles. The molecule has 0 amide bonds. The zero-order valence-electron chi connectivity index (χ0n) is 21.9. The number of hydrogen-bond acceptors (Lipinski definition) is 10. The molecule has 5 aliphatic rings. The molecule has 1 aliphatic heterocycles. The Balaban J connectivity index is 1.31. The van der Waals surface area contributed by atoms with Crippen LogP contribution < -0.4 is 0 Å². The van der Waals surface area contributed by atoms with Gasteiger partial charge in [0.15, 0.2) is 18.2 Å². The van der Waals surface area contributed by atoms with E-state index in [0.29, 0.717) is 25.7 Å². The van der Waals surface area contributed by atoms with Gasteiger partial charge in [0.05, 0.1) is 6.10 Å². The summed E-state index contributed by atoms with van der Waals surface area (Å²) >= 11 is 0. The number of carboxylic acid groups (broad SMARTS) is 1. The summed E-state index contributed by atoms with van der Waals surface area (Å²) in [6.07, 6.45) is -4.28. The Morgan fingerprint density at radius 1 is 1.03 bits per heavy atom. The molecule has 0 aromatic carbocycles. The summed E-state index contributed by atoms with van der Waals surface area (Å²) < 4.78 is 11.3. The summed E-state index contributed by atoms with van der Waals surface area (Å²) in [6.45, 7) is 3.22. The topological polar surface area (TPSA) is 191 Å². The first-order valence-corrected chi connectivity index (χ1v) is 13.8. The number of Topliss-reactive ketones (excluding diaryl/α,β-unsaturated/α-hetero) is 2. The van der Waals surface area contributed by atoms with Gasteiger partial charge in [-0.2, -0.15) is 0 Å². The first-order valence-electron chi connectivity index (χ1n) is 13.8. The lowest BCUT2D eigenvalue weighted by Gasteiger charge is -2.60. The third-order valence-electron chi connectivity index (χ3n) is 11.2. The van der Waals surface area contributed by atoms with Crippen molar-refractivity contribution in [2.24, 2.45) is 34.5 Å². The van der Waals surface area contributed by atoms with E-state index in [9.17, 15) is 45.0 Å². The van der Waals surface area contributed by atoms with Gasteiger partial charge in [0.25, 0.3) is 0 Å². The van der Waals surface area contributed by atoms with Crippen molar-refractivity contribution in [3.63, 3.8) is 0 Å². The van der Waals surface area contributed by atoms with Crippen molar-refractivity contribution in [2.75, 3.05) is 6.61 Å². The molecule has 4 saturated carbocycles. The van der Waals surface area contributed by atoms with Crippen LogP contribution >= 0.6 is 0 Å². The van der Waals surface area contributed by atoms with Crippen LogP contribution in [0, 0.1) is 34.5 Å². The molecule has 5 fully saturated rings. The van der Waals surface area contributed by atoms with E-state index in [1.807, 2.05) is 6.92 Å². The highest BCUT2D eigenvalue weighted by atomic mass is 16.7. The average molecular weight is 541 g/mol. The number of aliphatic hydroxyl groups is 5. The van der Waals surface area contributed by atoms with Crippen LogP contribution in [0.25, 0.3) is 0 Å². The van der Waals surface area contributed by atoms with Crippen molar-refractivity contribution in [3.8, 4) is 0 Å². The third-order valence-corrected chi connectivity index (χ3v) is 11.2. The van der Waals surface area contributed by atoms with Crippen molar-refractivity contribution in [3.05, 3.63) is 0 Å². The fourth-order valence-electron chi connectivity index (χ4n) is 9.10. The van der Waals surface area contributed by atoms with Crippen LogP contribution in [0.15, 0.2) is 0 Å². The quantitative estimate of drug-likeness (QED) is 0.253. The number of ketones is 2. The summed E-state index contributed by atoms with van der Waals surface area (Å²) in [6, 6.07) is 0. The molecule has 4 aliphatic carbocycles. The van der Waals surface area contributed by atoms with E-state index < -0.39 is 60.1 Å². The Morgan fingerprint density at radius 3 is 2.39 bits per heavy atom. The summed E-state index contributed by atoms with van der Waals surface area (Å²) in [7, 11) is 0. The van der Waals surface area contributed by atoms with Crippen LogP contribution in [0.3, 0.4) is 0 Å².